The summed E-state index contributed by atoms with van der Waals surface area (Å²) in [5.74, 6) is 0. The molecule has 4 rings (SSSR count). The van der Waals surface area contributed by atoms with E-state index in [1.54, 1.807) is 77.0 Å². The van der Waals surface area contributed by atoms with E-state index in [9.17, 15) is 0 Å². The van der Waals surface area contributed by atoms with E-state index in [1.165, 1.54) is 14.5 Å². The molecule has 0 aromatic rings. The zero-order chi connectivity index (χ0) is 12.7. The van der Waals surface area contributed by atoms with Crippen molar-refractivity contribution in [2.75, 3.05) is 0 Å². The standard InChI is InChI=1S/4C4H7.2Bi.S/c4*1-2-4-3-1;;;/h4*1H,2-4H2;;;. The van der Waals surface area contributed by atoms with Gasteiger partial charge < -0.3 is 0 Å². The van der Waals surface area contributed by atoms with Crippen LogP contribution in [0.25, 0.3) is 0 Å². The molecule has 4 fully saturated rings. The summed E-state index contributed by atoms with van der Waals surface area (Å²) in [7, 11) is 0. The van der Waals surface area contributed by atoms with Gasteiger partial charge in [0, 0.05) is 0 Å². The molecule has 19 heavy (non-hydrogen) atoms. The van der Waals surface area contributed by atoms with E-state index >= 15 is 0 Å². The van der Waals surface area contributed by atoms with Crippen LogP contribution in [-0.4, -0.2) is 40.6 Å². The second kappa shape index (κ2) is 6.70. The summed E-state index contributed by atoms with van der Waals surface area (Å²) < 4.78 is 5.51. The van der Waals surface area contributed by atoms with Gasteiger partial charge in [0.2, 0.25) is 0 Å². The molecule has 0 atom stereocenters. The van der Waals surface area contributed by atoms with Crippen molar-refractivity contribution in [3.8, 4) is 0 Å². The van der Waals surface area contributed by atoms with Gasteiger partial charge in [-0.25, -0.2) is 0 Å². The van der Waals surface area contributed by atoms with Gasteiger partial charge in [-0.1, -0.05) is 0 Å². The van der Waals surface area contributed by atoms with Crippen LogP contribution < -0.4 is 0 Å². The van der Waals surface area contributed by atoms with Gasteiger partial charge in [-0.2, -0.15) is 0 Å². The second-order valence-corrected chi connectivity index (χ2v) is 50.3. The third-order valence-corrected chi connectivity index (χ3v) is 79.0. The first-order valence-corrected chi connectivity index (χ1v) is 25.9. The van der Waals surface area contributed by atoms with E-state index in [0.717, 1.165) is 0 Å². The van der Waals surface area contributed by atoms with Gasteiger partial charge in [-0.15, -0.1) is 0 Å². The minimum absolute atomic E-state index is 1.09. The molecule has 0 aromatic carbocycles. The molecule has 0 saturated heterocycles. The molecule has 0 bridgehead atoms. The van der Waals surface area contributed by atoms with Gasteiger partial charge in [-0.05, 0) is 0 Å². The molecule has 4 aliphatic rings. The number of hydrogen-bond donors (Lipinski definition) is 0. The van der Waals surface area contributed by atoms with Crippen LogP contribution in [0.1, 0.15) is 77.0 Å². The van der Waals surface area contributed by atoms with Gasteiger partial charge in [0.25, 0.3) is 0 Å². The van der Waals surface area contributed by atoms with Gasteiger partial charge in [0.1, 0.15) is 0 Å². The topological polar surface area (TPSA) is 0 Å². The van der Waals surface area contributed by atoms with Crippen LogP contribution >= 0.6 is 5.27 Å². The zero-order valence-electron chi connectivity index (χ0n) is 12.1. The van der Waals surface area contributed by atoms with Crippen molar-refractivity contribution in [1.29, 1.82) is 0 Å². The Hall–Kier alpha value is 2.12. The third kappa shape index (κ3) is 3.10. The summed E-state index contributed by atoms with van der Waals surface area (Å²) in [6.07, 6.45) is 19.9. The van der Waals surface area contributed by atoms with Crippen molar-refractivity contribution in [1.82, 2.24) is 0 Å². The molecule has 0 heterocycles. The van der Waals surface area contributed by atoms with Crippen LogP contribution in [-0.2, 0) is 0 Å². The Morgan fingerprint density at radius 3 is 0.895 bits per heavy atom. The molecule has 0 nitrogen and oxygen atoms in total. The molecule has 0 unspecified atom stereocenters. The summed E-state index contributed by atoms with van der Waals surface area (Å²) in [4.78, 5) is 0. The van der Waals surface area contributed by atoms with Crippen molar-refractivity contribution in [2.24, 2.45) is 0 Å². The summed E-state index contributed by atoms with van der Waals surface area (Å²) in [5, 5.41) is 2.93. The maximum atomic E-state index is 2.93. The van der Waals surface area contributed by atoms with E-state index in [1.807, 2.05) is 0 Å². The van der Waals surface area contributed by atoms with Gasteiger partial charge in [0.15, 0.2) is 0 Å². The Kier molecular flexibility index (Phi) is 5.18. The molecule has 4 saturated carbocycles. The van der Waals surface area contributed by atoms with E-state index < -0.39 is 40.6 Å². The summed E-state index contributed by atoms with van der Waals surface area (Å²) in [5.41, 5.74) is 0. The normalized spacial score (nSPS) is 30.0. The zero-order valence-corrected chi connectivity index (χ0v) is 19.9. The van der Waals surface area contributed by atoms with Gasteiger partial charge >= 0.3 is 137 Å². The predicted octanol–water partition coefficient (Wildman–Crippen LogP) is 5.92. The molecule has 108 valence electrons. The Morgan fingerprint density at radius 2 is 0.737 bits per heavy atom. The Labute approximate surface area is 136 Å². The fourth-order valence-electron chi connectivity index (χ4n) is 3.54. The molecule has 0 aromatic heterocycles. The molecular formula is C16H28Bi2S. The fourth-order valence-corrected chi connectivity index (χ4v) is 116. The SMILES string of the molecule is C1C[CH]([Bi]([S][Bi]([CH]2CCC2)[CH]2CCC2)[CH]2CCC2)C1. The summed E-state index contributed by atoms with van der Waals surface area (Å²) >= 11 is -2.18. The van der Waals surface area contributed by atoms with Crippen molar-refractivity contribution < 1.29 is 0 Å². The molecule has 0 aliphatic heterocycles. The van der Waals surface area contributed by atoms with Crippen molar-refractivity contribution in [2.45, 2.75) is 91.6 Å². The van der Waals surface area contributed by atoms with E-state index in [2.05, 4.69) is 5.27 Å². The monoisotopic (exact) mass is 670 g/mol. The number of hydrogen-bond acceptors (Lipinski definition) is 1. The Balaban J connectivity index is 1.41. The second-order valence-electron chi connectivity index (χ2n) is 7.14. The molecule has 0 radical (unpaired) electrons. The summed E-state index contributed by atoms with van der Waals surface area (Å²) in [6, 6.07) is 0. The van der Waals surface area contributed by atoms with E-state index in [0.29, 0.717) is 0 Å². The average Bonchev–Trinajstić information content (AvgIpc) is 2.05. The Bertz CT molecular complexity index is 248. The quantitative estimate of drug-likeness (QED) is 0.317. The first-order chi connectivity index (χ1) is 9.42. The molecule has 0 spiro atoms. The molecule has 0 N–H and O–H groups in total. The first kappa shape index (κ1) is 14.7. The Morgan fingerprint density at radius 1 is 0.474 bits per heavy atom. The van der Waals surface area contributed by atoms with Crippen molar-refractivity contribution in [3.05, 3.63) is 0 Å². The van der Waals surface area contributed by atoms with Crippen LogP contribution in [0.3, 0.4) is 0 Å². The van der Waals surface area contributed by atoms with Crippen LogP contribution in [0, 0.1) is 0 Å². The third-order valence-electron chi connectivity index (χ3n) is 5.93. The van der Waals surface area contributed by atoms with Crippen LogP contribution in [0.5, 0.6) is 0 Å². The van der Waals surface area contributed by atoms with E-state index in [-0.39, 0.29) is 0 Å². The first-order valence-electron chi connectivity index (χ1n) is 8.66. The molecule has 3 heteroatoms. The average molecular weight is 670 g/mol. The molecule has 0 amide bonds. The molecular weight excluding hydrogens is 642 g/mol. The van der Waals surface area contributed by atoms with Crippen LogP contribution in [0.15, 0.2) is 0 Å². The van der Waals surface area contributed by atoms with E-state index in [4.69, 9.17) is 0 Å². The summed E-state index contributed by atoms with van der Waals surface area (Å²) in [6.45, 7) is 0. The molecule has 4 aliphatic carbocycles. The van der Waals surface area contributed by atoms with Crippen molar-refractivity contribution in [3.63, 3.8) is 0 Å². The fraction of sp³-hybridized carbons (Fsp3) is 1.00. The predicted molar refractivity (Wildman–Crippen MR) is 89.5 cm³/mol. The van der Waals surface area contributed by atoms with Crippen LogP contribution in [0.4, 0.5) is 0 Å². The van der Waals surface area contributed by atoms with Crippen LogP contribution in [0.2, 0.25) is 14.5 Å². The minimum atomic E-state index is -1.09. The number of rotatable bonds is 6. The van der Waals surface area contributed by atoms with Gasteiger partial charge in [-0.3, -0.25) is 0 Å². The van der Waals surface area contributed by atoms with Gasteiger partial charge in [0.05, 0.1) is 0 Å². The maximum absolute atomic E-state index is 2.93. The van der Waals surface area contributed by atoms with Crippen molar-refractivity contribution >= 4 is 45.8 Å².